The van der Waals surface area contributed by atoms with E-state index in [-0.39, 0.29) is 74.7 Å². The second kappa shape index (κ2) is 61.6. The van der Waals surface area contributed by atoms with Crippen molar-refractivity contribution >= 4 is 149 Å². The zero-order valence-electron chi connectivity index (χ0n) is 73.4. The molecule has 133 heavy (non-hydrogen) atoms. The van der Waals surface area contributed by atoms with Crippen molar-refractivity contribution in [3.63, 3.8) is 0 Å². The van der Waals surface area contributed by atoms with Crippen LogP contribution in [-0.2, 0) is 71.7 Å². The molecule has 0 aliphatic rings. The number of allylic oxidation sites excluding steroid dienone is 6. The molecule has 0 amide bonds. The van der Waals surface area contributed by atoms with Gasteiger partial charge in [-0.25, -0.2) is 0 Å². The second-order valence-electron chi connectivity index (χ2n) is 29.0. The van der Waals surface area contributed by atoms with Gasteiger partial charge in [0.2, 0.25) is 0 Å². The van der Waals surface area contributed by atoms with Gasteiger partial charge in [-0.15, -0.1) is 0 Å². The van der Waals surface area contributed by atoms with Gasteiger partial charge >= 0.3 is 0 Å². The van der Waals surface area contributed by atoms with Crippen molar-refractivity contribution in [3.8, 4) is 0 Å². The summed E-state index contributed by atoms with van der Waals surface area (Å²) < 4.78 is 0. The van der Waals surface area contributed by atoms with Gasteiger partial charge in [0.15, 0.2) is 17.3 Å². The van der Waals surface area contributed by atoms with Gasteiger partial charge in [0.1, 0.15) is 0 Å². The van der Waals surface area contributed by atoms with E-state index in [2.05, 4.69) is 364 Å². The van der Waals surface area contributed by atoms with Crippen LogP contribution in [0.5, 0.6) is 0 Å². The van der Waals surface area contributed by atoms with E-state index in [1.54, 1.807) is 36.5 Å². The van der Waals surface area contributed by atoms with Gasteiger partial charge in [0, 0.05) is 57.3 Å². The molecule has 0 N–H and O–H groups in total. The average Bonchev–Trinajstić information content (AvgIpc) is 0.832. The van der Waals surface area contributed by atoms with Crippen LogP contribution in [0.4, 0.5) is 0 Å². The molecule has 0 aliphatic heterocycles. The second-order valence-corrected chi connectivity index (χ2v) is 37.9. The van der Waals surface area contributed by atoms with Gasteiger partial charge in [-0.2, -0.15) is 0 Å². The number of hydrogen-bond donors (Lipinski definition) is 0. The van der Waals surface area contributed by atoms with Crippen molar-refractivity contribution in [1.82, 2.24) is 0 Å². The molecule has 18 aromatic rings. The number of ketones is 3. The molecule has 0 saturated heterocycles. The molecular formula is C123H102NiO3P4Pd2. The standard InChI is InChI=1S/4C18H15P.3C17H14O.Ni.2Pd/c4*1-4-10-16(11-5-1)19(17-12-6-2-7-13-17)18-14-8-3-9-15-18;3*18-17(13-11-15-7-3-1-4-8-15)14-12-16-9-5-2-6-10-16;;;/h4*1-15H;3*1-14H;;;. The Morgan fingerprint density at radius 1 is 0.128 bits per heavy atom. The third-order valence-corrected chi connectivity index (χ3v) is 29.4. The van der Waals surface area contributed by atoms with Gasteiger partial charge < -0.3 is 0 Å². The van der Waals surface area contributed by atoms with Gasteiger partial charge in [-0.3, -0.25) is 14.4 Å². The van der Waals surface area contributed by atoms with Crippen LogP contribution in [0.1, 0.15) is 33.4 Å². The molecule has 0 radical (unpaired) electrons. The first kappa shape index (κ1) is 104. The minimum absolute atomic E-state index is 0. The first-order valence-corrected chi connectivity index (χ1v) is 48.5. The Hall–Kier alpha value is -13.1. The third kappa shape index (κ3) is 37.3. The molecule has 0 unspecified atom stereocenters. The molecule has 18 rings (SSSR count). The first-order valence-electron chi connectivity index (χ1n) is 43.2. The SMILES string of the molecule is O=C(C=Cc1ccccc1)C=Cc1ccccc1.O=C(C=Cc1ccccc1)C=Cc1ccccc1.O=C(C=Cc1ccccc1)C=Cc1ccccc1.[Ni].[Pd].[Pd].c1ccc(P(c2ccccc2)c2ccccc2)cc1.c1ccc(P(c2ccccc2)c2ccccc2)cc1.c1ccc(P(c2ccccc2)c2ccccc2)cc1.c1ccc(P(c2ccccc2)c2ccccc2)cc1. The molecule has 0 saturated carbocycles. The zero-order chi connectivity index (χ0) is 89.6. The summed E-state index contributed by atoms with van der Waals surface area (Å²) in [5.74, 6) is -0.0341. The van der Waals surface area contributed by atoms with E-state index in [1.165, 1.54) is 63.7 Å². The number of hydrogen-bond acceptors (Lipinski definition) is 3. The van der Waals surface area contributed by atoms with Crippen LogP contribution < -0.4 is 63.7 Å². The number of benzene rings is 18. The van der Waals surface area contributed by atoms with Crippen LogP contribution in [0.15, 0.2) is 582 Å². The Morgan fingerprint density at radius 2 is 0.203 bits per heavy atom. The Balaban J connectivity index is 0.000000174. The van der Waals surface area contributed by atoms with E-state index < -0.39 is 31.7 Å². The summed E-state index contributed by atoms with van der Waals surface area (Å²) in [6, 6.07) is 188. The Morgan fingerprint density at radius 3 is 0.286 bits per heavy atom. The first-order chi connectivity index (χ1) is 64.3. The van der Waals surface area contributed by atoms with E-state index in [1.807, 2.05) is 218 Å². The maximum atomic E-state index is 11.6. The van der Waals surface area contributed by atoms with Crippen LogP contribution in [0.2, 0.25) is 0 Å². The normalized spacial score (nSPS) is 10.6. The monoisotopic (exact) mass is 2020 g/mol. The van der Waals surface area contributed by atoms with Crippen molar-refractivity contribution in [2.75, 3.05) is 0 Å². The smallest absolute Gasteiger partial charge is 0.178 e. The predicted molar refractivity (Wildman–Crippen MR) is 568 cm³/mol. The molecule has 0 atom stereocenters. The van der Waals surface area contributed by atoms with E-state index in [9.17, 15) is 14.4 Å². The minimum atomic E-state index is -0.446. The summed E-state index contributed by atoms with van der Waals surface area (Å²) in [5, 5.41) is 16.8. The number of rotatable bonds is 24. The van der Waals surface area contributed by atoms with Crippen molar-refractivity contribution in [2.24, 2.45) is 0 Å². The van der Waals surface area contributed by atoms with Crippen molar-refractivity contribution in [1.29, 1.82) is 0 Å². The predicted octanol–water partition coefficient (Wildman–Crippen LogP) is 25.7. The molecule has 18 aromatic carbocycles. The Labute approximate surface area is 829 Å². The molecule has 0 spiro atoms. The fourth-order valence-electron chi connectivity index (χ4n) is 13.3. The fourth-order valence-corrected chi connectivity index (χ4v) is 22.6. The van der Waals surface area contributed by atoms with Gasteiger partial charge in [0.05, 0.1) is 0 Å². The van der Waals surface area contributed by atoms with E-state index in [0.717, 1.165) is 33.4 Å². The quantitative estimate of drug-likeness (QED) is 0.0344. The molecule has 662 valence electrons. The molecule has 3 nitrogen and oxygen atoms in total. The van der Waals surface area contributed by atoms with Crippen molar-refractivity contribution in [2.45, 2.75) is 0 Å². The van der Waals surface area contributed by atoms with E-state index in [4.69, 9.17) is 0 Å². The van der Waals surface area contributed by atoms with Crippen LogP contribution in [0, 0.1) is 0 Å². The number of carbonyl (C=O) groups excluding carboxylic acids is 3. The molecule has 0 bridgehead atoms. The average molecular weight is 2020 g/mol. The van der Waals surface area contributed by atoms with Crippen LogP contribution in [-0.4, -0.2) is 17.3 Å². The van der Waals surface area contributed by atoms with Crippen LogP contribution in [0.3, 0.4) is 0 Å². The minimum Gasteiger partial charge on any atom is -0.290 e. The molecule has 0 heterocycles. The summed E-state index contributed by atoms with van der Waals surface area (Å²) in [7, 11) is -1.78. The van der Waals surface area contributed by atoms with Crippen molar-refractivity contribution in [3.05, 3.63) is 616 Å². The maximum absolute atomic E-state index is 11.6. The maximum Gasteiger partial charge on any atom is 0.178 e. The summed E-state index contributed by atoms with van der Waals surface area (Å²) in [5.41, 5.74) is 6.16. The Kier molecular flexibility index (Phi) is 48.0. The number of carbonyl (C=O) groups is 3. The largest absolute Gasteiger partial charge is 0.290 e. The Bertz CT molecular complexity index is 5120. The molecule has 0 aliphatic carbocycles. The van der Waals surface area contributed by atoms with E-state index in [0.29, 0.717) is 0 Å². The van der Waals surface area contributed by atoms with Crippen molar-refractivity contribution < 1.29 is 71.7 Å². The molecule has 10 heteroatoms. The van der Waals surface area contributed by atoms with E-state index >= 15 is 0 Å². The summed E-state index contributed by atoms with van der Waals surface area (Å²) in [4.78, 5) is 34.8. The molecular weight excluding hydrogens is 1920 g/mol. The van der Waals surface area contributed by atoms with Crippen LogP contribution >= 0.6 is 31.7 Å². The van der Waals surface area contributed by atoms with Gasteiger partial charge in [-0.1, -0.05) is 582 Å². The van der Waals surface area contributed by atoms with Gasteiger partial charge in [-0.05, 0) is 165 Å². The van der Waals surface area contributed by atoms with Crippen LogP contribution in [0.25, 0.3) is 36.5 Å². The zero-order valence-corrected chi connectivity index (χ0v) is 81.0. The van der Waals surface area contributed by atoms with Gasteiger partial charge in [0.25, 0.3) is 0 Å². The summed E-state index contributed by atoms with van der Waals surface area (Å²) in [6.45, 7) is 0. The fraction of sp³-hybridized carbons (Fsp3) is 0. The third-order valence-electron chi connectivity index (χ3n) is 19.6. The summed E-state index contributed by atoms with van der Waals surface area (Å²) >= 11 is 0. The molecule has 0 aromatic heterocycles. The topological polar surface area (TPSA) is 51.2 Å². The summed E-state index contributed by atoms with van der Waals surface area (Å²) in [6.07, 6.45) is 20.4. The molecule has 0 fully saturated rings.